The van der Waals surface area contributed by atoms with Crippen LogP contribution in [0.3, 0.4) is 0 Å². The highest BCUT2D eigenvalue weighted by Gasteiger charge is 2.13. The van der Waals surface area contributed by atoms with Crippen LogP contribution in [0.4, 0.5) is 0 Å². The summed E-state index contributed by atoms with van der Waals surface area (Å²) >= 11 is 1.29. The van der Waals surface area contributed by atoms with Gasteiger partial charge in [0.25, 0.3) is 0 Å². The summed E-state index contributed by atoms with van der Waals surface area (Å²) in [6.45, 7) is 4.97. The lowest BCUT2D eigenvalue weighted by molar-refractivity contribution is 0.0526. The molecule has 5 nitrogen and oxygen atoms in total. The van der Waals surface area contributed by atoms with E-state index in [9.17, 15) is 4.79 Å². The van der Waals surface area contributed by atoms with Crippen molar-refractivity contribution < 1.29 is 9.53 Å². The van der Waals surface area contributed by atoms with Crippen LogP contribution in [-0.2, 0) is 11.3 Å². The van der Waals surface area contributed by atoms with Crippen molar-refractivity contribution in [2.24, 2.45) is 0 Å². The van der Waals surface area contributed by atoms with Crippen LogP contribution in [0.25, 0.3) is 11.3 Å². The molecule has 0 aliphatic rings. The monoisotopic (exact) mass is 251 g/mol. The highest BCUT2D eigenvalue weighted by Crippen LogP contribution is 2.21. The maximum atomic E-state index is 11.5. The lowest BCUT2D eigenvalue weighted by atomic mass is 10.3. The molecule has 0 fully saturated rings. The molecule has 0 N–H and O–H groups in total. The number of nitrogens with zero attached hydrogens (tertiary/aromatic N) is 3. The zero-order valence-corrected chi connectivity index (χ0v) is 10.5. The number of thiazole rings is 1. The molecule has 17 heavy (non-hydrogen) atoms. The molecule has 2 rings (SSSR count). The second-order valence-corrected chi connectivity index (χ2v) is 4.20. The lowest BCUT2D eigenvalue weighted by Gasteiger charge is -1.95. The first-order valence-corrected chi connectivity index (χ1v) is 6.28. The number of carbonyl (C=O) groups excluding carboxylic acids is 1. The minimum atomic E-state index is -0.369. The molecular weight excluding hydrogens is 238 g/mol. The molecule has 0 radical (unpaired) electrons. The topological polar surface area (TPSA) is 57.0 Å². The summed E-state index contributed by atoms with van der Waals surface area (Å²) in [7, 11) is 0. The molecule has 0 aromatic carbocycles. The highest BCUT2D eigenvalue weighted by atomic mass is 32.1. The van der Waals surface area contributed by atoms with Crippen LogP contribution in [0.2, 0.25) is 0 Å². The molecule has 0 amide bonds. The van der Waals surface area contributed by atoms with Gasteiger partial charge in [0.15, 0.2) is 0 Å². The Morgan fingerprint density at radius 3 is 3.00 bits per heavy atom. The molecule has 0 unspecified atom stereocenters. The van der Waals surface area contributed by atoms with Crippen LogP contribution in [0, 0.1) is 0 Å². The van der Waals surface area contributed by atoms with E-state index in [0.29, 0.717) is 11.6 Å². The Labute approximate surface area is 103 Å². The molecular formula is C11H13N3O2S. The van der Waals surface area contributed by atoms with E-state index in [2.05, 4.69) is 10.1 Å². The summed E-state index contributed by atoms with van der Waals surface area (Å²) in [6.07, 6.45) is 3.65. The number of aryl methyl sites for hydroxylation is 1. The number of esters is 1. The summed E-state index contributed by atoms with van der Waals surface area (Å²) in [6, 6.07) is 0. The van der Waals surface area contributed by atoms with E-state index in [4.69, 9.17) is 4.74 Å². The summed E-state index contributed by atoms with van der Waals surface area (Å²) < 4.78 is 6.71. The minimum absolute atomic E-state index is 0.363. The molecule has 6 heteroatoms. The fourth-order valence-corrected chi connectivity index (χ4v) is 2.08. The Morgan fingerprint density at radius 1 is 1.53 bits per heavy atom. The molecule has 0 bridgehead atoms. The lowest BCUT2D eigenvalue weighted by Crippen LogP contribution is -2.03. The van der Waals surface area contributed by atoms with Crippen LogP contribution < -0.4 is 0 Å². The second-order valence-electron chi connectivity index (χ2n) is 3.34. The summed E-state index contributed by atoms with van der Waals surface area (Å²) in [5.41, 5.74) is 1.68. The van der Waals surface area contributed by atoms with Gasteiger partial charge >= 0.3 is 5.97 Å². The van der Waals surface area contributed by atoms with E-state index in [1.165, 1.54) is 11.3 Å². The zero-order chi connectivity index (χ0) is 12.3. The van der Waals surface area contributed by atoms with Crippen LogP contribution >= 0.6 is 11.3 Å². The molecule has 2 aromatic heterocycles. The summed E-state index contributed by atoms with van der Waals surface area (Å²) in [4.78, 5) is 15.7. The van der Waals surface area contributed by atoms with Crippen LogP contribution in [0.1, 0.15) is 23.6 Å². The van der Waals surface area contributed by atoms with E-state index in [1.807, 2.05) is 23.2 Å². The minimum Gasteiger partial charge on any atom is -0.461 e. The van der Waals surface area contributed by atoms with Crippen molar-refractivity contribution in [1.82, 2.24) is 14.8 Å². The highest BCUT2D eigenvalue weighted by molar-refractivity contribution is 7.11. The van der Waals surface area contributed by atoms with E-state index in [1.54, 1.807) is 13.1 Å². The van der Waals surface area contributed by atoms with E-state index in [0.717, 1.165) is 17.8 Å². The van der Waals surface area contributed by atoms with Crippen LogP contribution in [0.15, 0.2) is 17.8 Å². The Balaban J connectivity index is 2.20. The molecule has 0 saturated carbocycles. The summed E-state index contributed by atoms with van der Waals surface area (Å²) in [5, 5.41) is 6.38. The van der Waals surface area contributed by atoms with E-state index in [-0.39, 0.29) is 5.97 Å². The Kier molecular flexibility index (Phi) is 3.53. The molecule has 0 aliphatic heterocycles. The van der Waals surface area contributed by atoms with Gasteiger partial charge in [-0.15, -0.1) is 11.3 Å². The SMILES string of the molecule is CCOC(=O)c1nc(-c2cnn(CC)c2)cs1. The largest absolute Gasteiger partial charge is 0.461 e. The van der Waals surface area contributed by atoms with Gasteiger partial charge in [0.1, 0.15) is 0 Å². The normalized spacial score (nSPS) is 10.5. The number of hydrogen-bond acceptors (Lipinski definition) is 5. The Morgan fingerprint density at radius 2 is 2.35 bits per heavy atom. The van der Waals surface area contributed by atoms with Gasteiger partial charge in [0.05, 0.1) is 18.5 Å². The van der Waals surface area contributed by atoms with Gasteiger partial charge in [-0.1, -0.05) is 0 Å². The number of hydrogen-bond donors (Lipinski definition) is 0. The standard InChI is InChI=1S/C11H13N3O2S/c1-3-14-6-8(5-12-14)9-7-17-10(13-9)11(15)16-4-2/h5-7H,3-4H2,1-2H3. The summed E-state index contributed by atoms with van der Waals surface area (Å²) in [5.74, 6) is -0.369. The van der Waals surface area contributed by atoms with Crippen molar-refractivity contribution in [2.75, 3.05) is 6.61 Å². The quantitative estimate of drug-likeness (QED) is 0.782. The van der Waals surface area contributed by atoms with Crippen molar-refractivity contribution in [3.05, 3.63) is 22.8 Å². The molecule has 2 heterocycles. The van der Waals surface area contributed by atoms with E-state index >= 15 is 0 Å². The van der Waals surface area contributed by atoms with Gasteiger partial charge < -0.3 is 4.74 Å². The molecule has 0 atom stereocenters. The number of aromatic nitrogens is 3. The van der Waals surface area contributed by atoms with Crippen molar-refractivity contribution in [1.29, 1.82) is 0 Å². The maximum Gasteiger partial charge on any atom is 0.367 e. The van der Waals surface area contributed by atoms with Gasteiger partial charge in [-0.2, -0.15) is 5.10 Å². The number of ether oxygens (including phenoxy) is 1. The van der Waals surface area contributed by atoms with Crippen molar-refractivity contribution >= 4 is 17.3 Å². The fourth-order valence-electron chi connectivity index (χ4n) is 1.36. The van der Waals surface area contributed by atoms with Crippen molar-refractivity contribution in [2.45, 2.75) is 20.4 Å². The zero-order valence-electron chi connectivity index (χ0n) is 9.71. The van der Waals surface area contributed by atoms with Crippen molar-refractivity contribution in [3.8, 4) is 11.3 Å². The average Bonchev–Trinajstić information content (AvgIpc) is 2.98. The predicted molar refractivity (Wildman–Crippen MR) is 65.0 cm³/mol. The third-order valence-corrected chi connectivity index (χ3v) is 3.03. The van der Waals surface area contributed by atoms with Gasteiger partial charge in [0, 0.05) is 23.7 Å². The molecule has 0 saturated heterocycles. The van der Waals surface area contributed by atoms with E-state index < -0.39 is 0 Å². The van der Waals surface area contributed by atoms with Crippen LogP contribution in [-0.4, -0.2) is 27.3 Å². The second kappa shape index (κ2) is 5.09. The van der Waals surface area contributed by atoms with Crippen molar-refractivity contribution in [3.63, 3.8) is 0 Å². The first-order valence-electron chi connectivity index (χ1n) is 5.40. The van der Waals surface area contributed by atoms with Gasteiger partial charge in [-0.05, 0) is 13.8 Å². The molecule has 0 aliphatic carbocycles. The maximum absolute atomic E-state index is 11.5. The van der Waals surface area contributed by atoms with Gasteiger partial charge in [-0.25, -0.2) is 9.78 Å². The third-order valence-electron chi connectivity index (χ3n) is 2.21. The fraction of sp³-hybridized carbons (Fsp3) is 0.364. The van der Waals surface area contributed by atoms with Gasteiger partial charge in [0.2, 0.25) is 5.01 Å². The van der Waals surface area contributed by atoms with Gasteiger partial charge in [-0.3, -0.25) is 4.68 Å². The average molecular weight is 251 g/mol. The third kappa shape index (κ3) is 2.52. The first kappa shape index (κ1) is 11.8. The van der Waals surface area contributed by atoms with Crippen LogP contribution in [0.5, 0.6) is 0 Å². The molecule has 90 valence electrons. The number of carbonyl (C=O) groups is 1. The predicted octanol–water partition coefficient (Wildman–Crippen LogP) is 2.20. The Bertz CT molecular complexity index is 518. The number of rotatable bonds is 4. The molecule has 0 spiro atoms. The smallest absolute Gasteiger partial charge is 0.367 e. The first-order chi connectivity index (χ1) is 8.24. The Hall–Kier alpha value is -1.69. The molecule has 2 aromatic rings.